The van der Waals surface area contributed by atoms with Crippen LogP contribution in [0.25, 0.3) is 58.4 Å². The predicted molar refractivity (Wildman–Crippen MR) is 222 cm³/mol. The molecular weight excluding hydrogens is 651 g/mol. The maximum atomic E-state index is 5.19. The molecule has 4 heteroatoms. The predicted octanol–water partition coefficient (Wildman–Crippen LogP) is 13.5. The Hall–Kier alpha value is -6.49. The number of hydrogen-bond acceptors (Lipinski definition) is 3. The van der Waals surface area contributed by atoms with E-state index in [9.17, 15) is 0 Å². The molecule has 3 heterocycles. The number of rotatable bonds is 5. The van der Waals surface area contributed by atoms with Crippen molar-refractivity contribution in [3.63, 3.8) is 0 Å². The van der Waals surface area contributed by atoms with Crippen molar-refractivity contribution in [1.29, 1.82) is 0 Å². The van der Waals surface area contributed by atoms with Crippen molar-refractivity contribution in [3.05, 3.63) is 187 Å². The molecule has 0 saturated heterocycles. The number of benzene rings is 8. The molecule has 244 valence electrons. The van der Waals surface area contributed by atoms with E-state index in [-0.39, 0.29) is 0 Å². The van der Waals surface area contributed by atoms with Gasteiger partial charge in [0.2, 0.25) is 0 Å². The van der Waals surface area contributed by atoms with Crippen molar-refractivity contribution in [3.8, 4) is 5.69 Å². The first kappa shape index (κ1) is 29.3. The van der Waals surface area contributed by atoms with Gasteiger partial charge in [-0.05, 0) is 77.7 Å². The molecule has 0 unspecified atom stereocenters. The minimum Gasteiger partial charge on any atom is -0.309 e. The zero-order chi connectivity index (χ0) is 34.2. The fourth-order valence-electron chi connectivity index (χ4n) is 8.24. The zero-order valence-corrected chi connectivity index (χ0v) is 29.0. The summed E-state index contributed by atoms with van der Waals surface area (Å²) in [6.07, 6.45) is 0.772. The molecule has 1 aliphatic heterocycles. The van der Waals surface area contributed by atoms with Crippen LogP contribution in [0.15, 0.2) is 181 Å². The average molecular weight is 682 g/mol. The Bertz CT molecular complexity index is 3040. The molecule has 0 fully saturated rings. The molecule has 0 aliphatic carbocycles. The highest BCUT2D eigenvalue weighted by Crippen LogP contribution is 2.47. The fraction of sp³-hybridized carbons (Fsp3) is 0.0208. The van der Waals surface area contributed by atoms with Crippen molar-refractivity contribution in [1.82, 2.24) is 4.57 Å². The first-order valence-electron chi connectivity index (χ1n) is 17.8. The minimum atomic E-state index is 0.772. The zero-order valence-electron chi connectivity index (χ0n) is 28.2. The third-order valence-corrected chi connectivity index (χ3v) is 11.7. The quantitative estimate of drug-likeness (QED) is 0.177. The third-order valence-electron chi connectivity index (χ3n) is 10.6. The summed E-state index contributed by atoms with van der Waals surface area (Å²) in [5, 5.41) is 7.53. The van der Waals surface area contributed by atoms with Gasteiger partial charge in [-0.15, -0.1) is 11.3 Å². The largest absolute Gasteiger partial charge is 0.309 e. The van der Waals surface area contributed by atoms with Gasteiger partial charge >= 0.3 is 0 Å². The van der Waals surface area contributed by atoms with Crippen molar-refractivity contribution in [2.75, 3.05) is 4.90 Å². The normalized spacial score (nSPS) is 12.7. The lowest BCUT2D eigenvalue weighted by molar-refractivity contribution is 1.18. The lowest BCUT2D eigenvalue weighted by Crippen LogP contribution is -2.13. The molecule has 52 heavy (non-hydrogen) atoms. The molecule has 11 rings (SSSR count). The summed E-state index contributed by atoms with van der Waals surface area (Å²) < 4.78 is 5.00. The Balaban J connectivity index is 1.18. The molecular formula is C48H31N3S. The highest BCUT2D eigenvalue weighted by molar-refractivity contribution is 7.25. The number of para-hydroxylation sites is 2. The molecule has 10 aromatic rings. The molecule has 1 aliphatic rings. The molecule has 0 spiro atoms. The maximum Gasteiger partial charge on any atom is 0.0690 e. The molecule has 0 atom stereocenters. The van der Waals surface area contributed by atoms with Crippen molar-refractivity contribution in [2.45, 2.75) is 6.42 Å². The van der Waals surface area contributed by atoms with Gasteiger partial charge in [0, 0.05) is 59.7 Å². The number of anilines is 3. The fourth-order valence-corrected chi connectivity index (χ4v) is 9.38. The Labute approximate surface area is 305 Å². The van der Waals surface area contributed by atoms with Gasteiger partial charge in [-0.25, -0.2) is 0 Å². The van der Waals surface area contributed by atoms with Gasteiger partial charge < -0.3 is 9.47 Å². The van der Waals surface area contributed by atoms with Crippen LogP contribution in [0.4, 0.5) is 22.7 Å². The van der Waals surface area contributed by atoms with Gasteiger partial charge in [0.15, 0.2) is 0 Å². The van der Waals surface area contributed by atoms with Gasteiger partial charge in [-0.1, -0.05) is 109 Å². The van der Waals surface area contributed by atoms with Crippen LogP contribution in [-0.4, -0.2) is 10.3 Å². The number of nitrogens with zero attached hydrogens (tertiary/aromatic N) is 3. The number of aromatic nitrogens is 1. The summed E-state index contributed by atoms with van der Waals surface area (Å²) in [6.45, 7) is 0. The first-order valence-corrected chi connectivity index (χ1v) is 18.6. The molecule has 8 aromatic carbocycles. The van der Waals surface area contributed by atoms with E-state index in [0.29, 0.717) is 0 Å². The second-order valence-corrected chi connectivity index (χ2v) is 14.6. The molecule has 0 saturated carbocycles. The van der Waals surface area contributed by atoms with Crippen LogP contribution in [-0.2, 0) is 6.42 Å². The molecule has 3 nitrogen and oxygen atoms in total. The standard InChI is InChI=1S/C48H31N3S/c1-3-13-31(14-4-1)42-29-40-41(49-42)20-12-23-45(40)51(34-25-26-37-36-19-8-10-24-47(36)52-48(37)28-34)44-22-11-15-32-27-39-35-18-7-9-21-43(35)50(46(39)30-38(32)44)33-16-5-2-6-17-33/h1-28,30H,29H2. The summed E-state index contributed by atoms with van der Waals surface area (Å²) in [6, 6.07) is 63.9. The second-order valence-electron chi connectivity index (χ2n) is 13.5. The molecule has 0 bridgehead atoms. The maximum absolute atomic E-state index is 5.19. The van der Waals surface area contributed by atoms with Crippen LogP contribution in [0.5, 0.6) is 0 Å². The van der Waals surface area contributed by atoms with E-state index in [2.05, 4.69) is 185 Å². The lowest BCUT2D eigenvalue weighted by atomic mass is 9.99. The van der Waals surface area contributed by atoms with E-state index in [1.165, 1.54) is 63.9 Å². The van der Waals surface area contributed by atoms with Crippen molar-refractivity contribution >= 4 is 92.5 Å². The topological polar surface area (TPSA) is 20.5 Å². The Morgan fingerprint density at radius 2 is 1.23 bits per heavy atom. The van der Waals surface area contributed by atoms with E-state index in [1.807, 2.05) is 11.3 Å². The summed E-state index contributed by atoms with van der Waals surface area (Å²) in [5.74, 6) is 0. The number of fused-ring (bicyclic) bond motifs is 8. The summed E-state index contributed by atoms with van der Waals surface area (Å²) in [7, 11) is 0. The average Bonchev–Trinajstić information content (AvgIpc) is 3.90. The summed E-state index contributed by atoms with van der Waals surface area (Å²) >= 11 is 1.86. The SMILES string of the molecule is c1ccc(C2=Nc3cccc(N(c4ccc5c(c4)sc4ccccc45)c4cccc5cc6c7ccccc7n(-c7ccccc7)c6cc45)c3C2)cc1. The van der Waals surface area contributed by atoms with E-state index in [4.69, 9.17) is 4.99 Å². The smallest absolute Gasteiger partial charge is 0.0690 e. The van der Waals surface area contributed by atoms with Crippen LogP contribution < -0.4 is 4.90 Å². The van der Waals surface area contributed by atoms with Gasteiger partial charge in [0.05, 0.1) is 33.8 Å². The van der Waals surface area contributed by atoms with Gasteiger partial charge in [-0.2, -0.15) is 0 Å². The summed E-state index contributed by atoms with van der Waals surface area (Å²) in [5.41, 5.74) is 11.6. The molecule has 0 amide bonds. The second kappa shape index (κ2) is 11.5. The van der Waals surface area contributed by atoms with Gasteiger partial charge in [0.1, 0.15) is 0 Å². The van der Waals surface area contributed by atoms with Gasteiger partial charge in [0.25, 0.3) is 0 Å². The van der Waals surface area contributed by atoms with E-state index < -0.39 is 0 Å². The molecule has 2 aromatic heterocycles. The highest BCUT2D eigenvalue weighted by Gasteiger charge is 2.26. The Kier molecular flexibility index (Phi) is 6.48. The Morgan fingerprint density at radius 1 is 0.500 bits per heavy atom. The molecule has 0 N–H and O–H groups in total. The van der Waals surface area contributed by atoms with E-state index >= 15 is 0 Å². The highest BCUT2D eigenvalue weighted by atomic mass is 32.1. The van der Waals surface area contributed by atoms with Crippen LogP contribution in [0.3, 0.4) is 0 Å². The van der Waals surface area contributed by atoms with Crippen LogP contribution in [0.2, 0.25) is 0 Å². The van der Waals surface area contributed by atoms with Crippen molar-refractivity contribution < 1.29 is 0 Å². The summed E-state index contributed by atoms with van der Waals surface area (Å²) in [4.78, 5) is 7.67. The Morgan fingerprint density at radius 3 is 2.12 bits per heavy atom. The number of thiophene rings is 1. The third kappa shape index (κ3) is 4.48. The van der Waals surface area contributed by atoms with Gasteiger partial charge in [-0.3, -0.25) is 4.99 Å². The lowest BCUT2D eigenvalue weighted by Gasteiger charge is -2.29. The van der Waals surface area contributed by atoms with Crippen LogP contribution >= 0.6 is 11.3 Å². The van der Waals surface area contributed by atoms with E-state index in [0.717, 1.165) is 40.6 Å². The number of hydrogen-bond donors (Lipinski definition) is 0. The monoisotopic (exact) mass is 681 g/mol. The van der Waals surface area contributed by atoms with Crippen LogP contribution in [0.1, 0.15) is 11.1 Å². The van der Waals surface area contributed by atoms with Crippen LogP contribution in [0, 0.1) is 0 Å². The van der Waals surface area contributed by atoms with E-state index in [1.54, 1.807) is 0 Å². The molecule has 0 radical (unpaired) electrons. The minimum absolute atomic E-state index is 0.772. The number of aliphatic imine (C=N–C) groups is 1. The van der Waals surface area contributed by atoms with Crippen molar-refractivity contribution in [2.24, 2.45) is 4.99 Å². The first-order chi connectivity index (χ1) is 25.8.